The fourth-order valence-corrected chi connectivity index (χ4v) is 3.45. The second-order valence-corrected chi connectivity index (χ2v) is 7.17. The van der Waals surface area contributed by atoms with Gasteiger partial charge in [-0.1, -0.05) is 13.0 Å². The van der Waals surface area contributed by atoms with Gasteiger partial charge in [-0.3, -0.25) is 9.89 Å². The molecule has 0 bridgehead atoms. The Kier molecular flexibility index (Phi) is 5.22. The Morgan fingerprint density at radius 2 is 2.10 bits per heavy atom. The van der Waals surface area contributed by atoms with E-state index in [1.165, 1.54) is 0 Å². The highest BCUT2D eigenvalue weighted by Gasteiger charge is 2.16. The van der Waals surface area contributed by atoms with E-state index in [1.807, 2.05) is 51.4 Å². The zero-order valence-corrected chi connectivity index (χ0v) is 17.5. The molecule has 30 heavy (non-hydrogen) atoms. The minimum Gasteiger partial charge on any atom is -0.496 e. The van der Waals surface area contributed by atoms with Crippen LogP contribution < -0.4 is 10.1 Å². The molecule has 0 amide bonds. The van der Waals surface area contributed by atoms with Crippen LogP contribution in [0, 0.1) is 6.92 Å². The zero-order valence-electron chi connectivity index (χ0n) is 17.5. The summed E-state index contributed by atoms with van der Waals surface area (Å²) in [6.07, 6.45) is 3.10. The zero-order chi connectivity index (χ0) is 21.3. The molecular formula is C22H24N6O2. The lowest BCUT2D eigenvalue weighted by Crippen LogP contribution is -2.02. The van der Waals surface area contributed by atoms with Crippen LogP contribution in [0.25, 0.3) is 22.3 Å². The maximum atomic E-state index is 12.3. The third-order valence-corrected chi connectivity index (χ3v) is 5.14. The quantitative estimate of drug-likeness (QED) is 0.443. The second kappa shape index (κ2) is 7.98. The maximum absolute atomic E-state index is 12.3. The number of hydrogen-bond acceptors (Lipinski definition) is 6. The molecule has 0 aliphatic carbocycles. The molecule has 2 N–H and O–H groups in total. The summed E-state index contributed by atoms with van der Waals surface area (Å²) in [6.45, 7) is 4.02. The van der Waals surface area contributed by atoms with E-state index in [2.05, 4.69) is 25.6 Å². The predicted octanol–water partition coefficient (Wildman–Crippen LogP) is 4.40. The first-order valence-corrected chi connectivity index (χ1v) is 9.84. The number of carbonyl (C=O) groups is 1. The lowest BCUT2D eigenvalue weighted by atomic mass is 10.0. The topological polar surface area (TPSA) is 97.7 Å². The van der Waals surface area contributed by atoms with Crippen molar-refractivity contribution in [1.29, 1.82) is 0 Å². The maximum Gasteiger partial charge on any atom is 0.225 e. The number of Topliss-reactive ketones (excluding diaryl/α,β-unsaturated/α-hetero) is 1. The third kappa shape index (κ3) is 3.52. The molecular weight excluding hydrogens is 380 g/mol. The smallest absolute Gasteiger partial charge is 0.225 e. The monoisotopic (exact) mass is 404 g/mol. The number of anilines is 2. The average Bonchev–Trinajstić information content (AvgIpc) is 3.37. The number of rotatable bonds is 7. The number of aromatic amines is 1. The molecule has 2 heterocycles. The summed E-state index contributed by atoms with van der Waals surface area (Å²) in [7, 11) is 3.40. The summed E-state index contributed by atoms with van der Waals surface area (Å²) in [5, 5.41) is 16.0. The molecule has 0 spiro atoms. The van der Waals surface area contributed by atoms with Gasteiger partial charge in [-0.05, 0) is 43.2 Å². The predicted molar refractivity (Wildman–Crippen MR) is 116 cm³/mol. The van der Waals surface area contributed by atoms with E-state index in [0.717, 1.165) is 34.1 Å². The number of aromatic nitrogens is 5. The second-order valence-electron chi connectivity index (χ2n) is 7.17. The van der Waals surface area contributed by atoms with Gasteiger partial charge in [0.05, 0.1) is 24.4 Å². The Morgan fingerprint density at radius 1 is 1.27 bits per heavy atom. The summed E-state index contributed by atoms with van der Waals surface area (Å²) in [6, 6.07) is 9.41. The third-order valence-electron chi connectivity index (χ3n) is 5.14. The molecule has 8 nitrogen and oxygen atoms in total. The van der Waals surface area contributed by atoms with Gasteiger partial charge in [-0.2, -0.15) is 10.1 Å². The van der Waals surface area contributed by atoms with Crippen LogP contribution in [0.2, 0.25) is 0 Å². The molecule has 0 saturated heterocycles. The van der Waals surface area contributed by atoms with E-state index in [9.17, 15) is 4.79 Å². The lowest BCUT2D eigenvalue weighted by Gasteiger charge is -2.09. The fraction of sp³-hybridized carbons (Fsp3) is 0.273. The van der Waals surface area contributed by atoms with Gasteiger partial charge in [0, 0.05) is 30.1 Å². The number of ketones is 1. The Labute approximate surface area is 174 Å². The van der Waals surface area contributed by atoms with E-state index in [4.69, 9.17) is 4.74 Å². The molecule has 0 fully saturated rings. The van der Waals surface area contributed by atoms with Crippen LogP contribution in [0.1, 0.15) is 35.7 Å². The van der Waals surface area contributed by atoms with Gasteiger partial charge in [0.25, 0.3) is 0 Å². The van der Waals surface area contributed by atoms with Gasteiger partial charge in [-0.15, -0.1) is 5.10 Å². The summed E-state index contributed by atoms with van der Waals surface area (Å²) in [5.74, 6) is 1.77. The number of nitrogens with zero attached hydrogens (tertiary/aromatic N) is 4. The minimum absolute atomic E-state index is 0.0716. The highest BCUT2D eigenvalue weighted by atomic mass is 16.5. The number of hydrogen-bond donors (Lipinski definition) is 2. The number of aryl methyl sites for hydroxylation is 2. The van der Waals surface area contributed by atoms with Gasteiger partial charge < -0.3 is 10.1 Å². The number of fused-ring (bicyclic) bond motifs is 1. The van der Waals surface area contributed by atoms with Crippen molar-refractivity contribution in [2.45, 2.75) is 26.7 Å². The molecule has 0 radical (unpaired) electrons. The van der Waals surface area contributed by atoms with Gasteiger partial charge >= 0.3 is 0 Å². The number of carbonyl (C=O) groups excluding carboxylic acids is 1. The van der Waals surface area contributed by atoms with Gasteiger partial charge in [0.2, 0.25) is 5.95 Å². The fourth-order valence-electron chi connectivity index (χ4n) is 3.45. The van der Waals surface area contributed by atoms with Crippen LogP contribution >= 0.6 is 0 Å². The van der Waals surface area contributed by atoms with Crippen LogP contribution in [0.3, 0.4) is 0 Å². The van der Waals surface area contributed by atoms with E-state index >= 15 is 0 Å². The molecule has 0 aliphatic rings. The Hall–Kier alpha value is -3.68. The Bertz CT molecular complexity index is 1220. The number of benzene rings is 2. The molecule has 154 valence electrons. The molecule has 2 aromatic heterocycles. The summed E-state index contributed by atoms with van der Waals surface area (Å²) in [5.41, 5.74) is 4.36. The van der Waals surface area contributed by atoms with Crippen LogP contribution in [0.15, 0.2) is 36.5 Å². The van der Waals surface area contributed by atoms with Crippen molar-refractivity contribution in [3.8, 4) is 17.1 Å². The summed E-state index contributed by atoms with van der Waals surface area (Å²) >= 11 is 0. The summed E-state index contributed by atoms with van der Waals surface area (Å²) < 4.78 is 7.14. The molecule has 8 heteroatoms. The van der Waals surface area contributed by atoms with Gasteiger partial charge in [0.15, 0.2) is 11.6 Å². The average molecular weight is 404 g/mol. The molecule has 0 atom stereocenters. The van der Waals surface area contributed by atoms with Gasteiger partial charge in [0.1, 0.15) is 5.75 Å². The lowest BCUT2D eigenvalue weighted by molar-refractivity contribution is 0.0979. The number of nitrogens with one attached hydrogen (secondary N) is 2. The van der Waals surface area contributed by atoms with Crippen molar-refractivity contribution < 1.29 is 9.53 Å². The van der Waals surface area contributed by atoms with Crippen molar-refractivity contribution in [2.24, 2.45) is 7.05 Å². The van der Waals surface area contributed by atoms with E-state index in [-0.39, 0.29) is 5.78 Å². The Morgan fingerprint density at radius 3 is 2.87 bits per heavy atom. The van der Waals surface area contributed by atoms with Crippen molar-refractivity contribution >= 4 is 28.3 Å². The van der Waals surface area contributed by atoms with Crippen LogP contribution in [0.5, 0.6) is 5.75 Å². The first kappa shape index (κ1) is 19.6. The minimum atomic E-state index is 0.0716. The largest absolute Gasteiger partial charge is 0.496 e. The SMILES string of the molecule is CCCC(=O)c1ccc(-c2nc(Nc3ccc4[nH]ncc4c3C)n(C)n2)cc1OC. The Balaban J connectivity index is 1.65. The standard InChI is InChI=1S/C22H24N6O2/c1-5-6-19(29)15-8-7-14(11-20(15)30-4)21-25-22(28(3)27-21)24-17-9-10-18-16(13(17)2)12-23-26-18/h7-12H,5-6H2,1-4H3,(H,23,26)(H,24,25,27). The molecule has 2 aromatic carbocycles. The normalized spacial score (nSPS) is 11.1. The molecule has 0 aliphatic heterocycles. The number of H-pyrrole nitrogens is 1. The molecule has 0 unspecified atom stereocenters. The van der Waals surface area contributed by atoms with Crippen molar-refractivity contribution in [1.82, 2.24) is 25.0 Å². The van der Waals surface area contributed by atoms with Crippen molar-refractivity contribution in [3.63, 3.8) is 0 Å². The summed E-state index contributed by atoms with van der Waals surface area (Å²) in [4.78, 5) is 17.0. The number of methoxy groups -OCH3 is 1. The van der Waals surface area contributed by atoms with Crippen LogP contribution in [0.4, 0.5) is 11.6 Å². The van der Waals surface area contributed by atoms with Gasteiger partial charge in [-0.25, -0.2) is 4.68 Å². The van der Waals surface area contributed by atoms with Crippen molar-refractivity contribution in [3.05, 3.63) is 47.7 Å². The van der Waals surface area contributed by atoms with Crippen LogP contribution in [-0.4, -0.2) is 37.9 Å². The van der Waals surface area contributed by atoms with E-state index < -0.39 is 0 Å². The molecule has 0 saturated carbocycles. The molecule has 4 aromatic rings. The highest BCUT2D eigenvalue weighted by Crippen LogP contribution is 2.29. The first-order valence-electron chi connectivity index (χ1n) is 9.84. The first-order chi connectivity index (χ1) is 14.5. The number of ether oxygens (including phenoxy) is 1. The molecule has 4 rings (SSSR count). The van der Waals surface area contributed by atoms with E-state index in [0.29, 0.717) is 29.5 Å². The highest BCUT2D eigenvalue weighted by molar-refractivity contribution is 5.99. The van der Waals surface area contributed by atoms with Crippen LogP contribution in [-0.2, 0) is 7.05 Å². The van der Waals surface area contributed by atoms with E-state index in [1.54, 1.807) is 17.9 Å². The van der Waals surface area contributed by atoms with Crippen molar-refractivity contribution in [2.75, 3.05) is 12.4 Å².